The fourth-order valence-electron chi connectivity index (χ4n) is 2.56. The van der Waals surface area contributed by atoms with Gasteiger partial charge in [0.25, 0.3) is 5.91 Å². The van der Waals surface area contributed by atoms with Gasteiger partial charge in [-0.1, -0.05) is 53.7 Å². The molecule has 0 aliphatic carbocycles. The van der Waals surface area contributed by atoms with Crippen LogP contribution in [-0.4, -0.2) is 28.4 Å². The van der Waals surface area contributed by atoms with Crippen molar-refractivity contribution in [3.63, 3.8) is 0 Å². The largest absolute Gasteiger partial charge is 0.410 e. The minimum absolute atomic E-state index is 0.0181. The van der Waals surface area contributed by atoms with Crippen LogP contribution >= 0.6 is 0 Å². The molecule has 1 heterocycles. The highest BCUT2D eigenvalue weighted by Crippen LogP contribution is 2.17. The maximum absolute atomic E-state index is 12.2. The van der Waals surface area contributed by atoms with E-state index in [0.717, 1.165) is 16.5 Å². The first-order valence-corrected chi connectivity index (χ1v) is 7.40. The van der Waals surface area contributed by atoms with E-state index < -0.39 is 5.91 Å². The second-order valence-electron chi connectivity index (χ2n) is 5.18. The van der Waals surface area contributed by atoms with Crippen molar-refractivity contribution < 1.29 is 10.0 Å². The van der Waals surface area contributed by atoms with E-state index in [4.69, 9.17) is 5.21 Å². The first-order chi connectivity index (χ1) is 11.3. The second kappa shape index (κ2) is 6.79. The lowest BCUT2D eigenvalue weighted by Gasteiger charge is -2.06. The van der Waals surface area contributed by atoms with Gasteiger partial charge in [-0.15, -0.1) is 0 Å². The third-order valence-corrected chi connectivity index (χ3v) is 3.72. The molecule has 3 aromatic rings. The molecule has 116 valence electrons. The molecular weight excluding hydrogens is 290 g/mol. The lowest BCUT2D eigenvalue weighted by atomic mass is 10.1. The molecule has 0 fully saturated rings. The molecule has 3 N–H and O–H groups in total. The summed E-state index contributed by atoms with van der Waals surface area (Å²) in [7, 11) is 0. The van der Waals surface area contributed by atoms with Crippen molar-refractivity contribution in [2.24, 2.45) is 5.16 Å². The number of hydrogen-bond donors (Lipinski definition) is 3. The maximum atomic E-state index is 12.2. The molecule has 2 aromatic carbocycles. The molecule has 0 saturated heterocycles. The van der Waals surface area contributed by atoms with Crippen molar-refractivity contribution >= 4 is 22.5 Å². The number of rotatable bonds is 5. The summed E-state index contributed by atoms with van der Waals surface area (Å²) < 4.78 is 0. The van der Waals surface area contributed by atoms with Gasteiger partial charge in [-0.2, -0.15) is 0 Å². The number of carbonyl (C=O) groups is 1. The topological polar surface area (TPSA) is 77.5 Å². The van der Waals surface area contributed by atoms with Crippen LogP contribution in [0.3, 0.4) is 0 Å². The zero-order valence-corrected chi connectivity index (χ0v) is 12.5. The van der Waals surface area contributed by atoms with Crippen molar-refractivity contribution in [3.05, 3.63) is 71.9 Å². The third-order valence-electron chi connectivity index (χ3n) is 3.72. The molecular formula is C18H17N3O2. The SMILES string of the molecule is O=C(NCCc1c[nH]c2ccccc12)/C(=N/O)c1ccccc1. The highest BCUT2D eigenvalue weighted by molar-refractivity contribution is 6.45. The molecule has 0 atom stereocenters. The summed E-state index contributed by atoms with van der Waals surface area (Å²) in [5.74, 6) is -0.390. The van der Waals surface area contributed by atoms with Gasteiger partial charge in [0.05, 0.1) is 0 Å². The Labute approximate surface area is 133 Å². The Morgan fingerprint density at radius 2 is 1.83 bits per heavy atom. The first kappa shape index (κ1) is 14.8. The fraction of sp³-hybridized carbons (Fsp3) is 0.111. The third kappa shape index (κ3) is 3.23. The van der Waals surface area contributed by atoms with E-state index >= 15 is 0 Å². The molecule has 1 amide bonds. The normalized spacial score (nSPS) is 11.6. The van der Waals surface area contributed by atoms with E-state index in [9.17, 15) is 4.79 Å². The van der Waals surface area contributed by atoms with Crippen molar-refractivity contribution in [2.45, 2.75) is 6.42 Å². The molecule has 0 unspecified atom stereocenters. The molecule has 5 heteroatoms. The molecule has 5 nitrogen and oxygen atoms in total. The molecule has 1 aromatic heterocycles. The van der Waals surface area contributed by atoms with Gasteiger partial charge in [-0.3, -0.25) is 4.79 Å². The van der Waals surface area contributed by atoms with Gasteiger partial charge in [0.15, 0.2) is 5.71 Å². The number of hydrogen-bond acceptors (Lipinski definition) is 3. The van der Waals surface area contributed by atoms with Crippen LogP contribution in [0.5, 0.6) is 0 Å². The Balaban J connectivity index is 1.63. The second-order valence-corrected chi connectivity index (χ2v) is 5.18. The Hall–Kier alpha value is -3.08. The van der Waals surface area contributed by atoms with Gasteiger partial charge < -0.3 is 15.5 Å². The number of oxime groups is 1. The molecule has 23 heavy (non-hydrogen) atoms. The predicted molar refractivity (Wildman–Crippen MR) is 89.8 cm³/mol. The predicted octanol–water partition coefficient (Wildman–Crippen LogP) is 2.71. The number of carbonyl (C=O) groups excluding carboxylic acids is 1. The van der Waals surface area contributed by atoms with Crippen molar-refractivity contribution in [2.75, 3.05) is 6.54 Å². The molecule has 0 saturated carbocycles. The van der Waals surface area contributed by atoms with Gasteiger partial charge in [0.2, 0.25) is 0 Å². The molecule has 0 aliphatic rings. The monoisotopic (exact) mass is 307 g/mol. The maximum Gasteiger partial charge on any atom is 0.273 e. The zero-order valence-electron chi connectivity index (χ0n) is 12.5. The van der Waals surface area contributed by atoms with Crippen LogP contribution < -0.4 is 5.32 Å². The average molecular weight is 307 g/mol. The van der Waals surface area contributed by atoms with Crippen LogP contribution in [0.15, 0.2) is 65.9 Å². The molecule has 3 rings (SSSR count). The quantitative estimate of drug-likeness (QED) is 0.385. The summed E-state index contributed by atoms with van der Waals surface area (Å²) in [5.41, 5.74) is 2.82. The van der Waals surface area contributed by atoms with Crippen LogP contribution in [-0.2, 0) is 11.2 Å². The molecule has 0 radical (unpaired) electrons. The number of aromatic nitrogens is 1. The van der Waals surface area contributed by atoms with Crippen LogP contribution in [0.2, 0.25) is 0 Å². The van der Waals surface area contributed by atoms with E-state index in [-0.39, 0.29) is 5.71 Å². The summed E-state index contributed by atoms with van der Waals surface area (Å²) >= 11 is 0. The van der Waals surface area contributed by atoms with Gasteiger partial charge >= 0.3 is 0 Å². The van der Waals surface area contributed by atoms with Gasteiger partial charge in [0, 0.05) is 29.2 Å². The van der Waals surface area contributed by atoms with Gasteiger partial charge in [-0.05, 0) is 18.1 Å². The first-order valence-electron chi connectivity index (χ1n) is 7.40. The van der Waals surface area contributed by atoms with Crippen LogP contribution in [0, 0.1) is 0 Å². The lowest BCUT2D eigenvalue weighted by Crippen LogP contribution is -2.33. The van der Waals surface area contributed by atoms with Gasteiger partial charge in [0.1, 0.15) is 0 Å². The average Bonchev–Trinajstić information content (AvgIpc) is 3.00. The van der Waals surface area contributed by atoms with Crippen LogP contribution in [0.25, 0.3) is 10.9 Å². The summed E-state index contributed by atoms with van der Waals surface area (Å²) in [6.45, 7) is 0.465. The van der Waals surface area contributed by atoms with E-state index in [0.29, 0.717) is 18.5 Å². The Morgan fingerprint density at radius 3 is 2.61 bits per heavy atom. The number of H-pyrrole nitrogens is 1. The number of nitrogens with zero attached hydrogens (tertiary/aromatic N) is 1. The van der Waals surface area contributed by atoms with E-state index in [1.165, 1.54) is 0 Å². The lowest BCUT2D eigenvalue weighted by molar-refractivity contribution is -0.114. The number of benzene rings is 2. The van der Waals surface area contributed by atoms with E-state index in [1.54, 1.807) is 24.3 Å². The summed E-state index contributed by atoms with van der Waals surface area (Å²) in [5, 5.41) is 16.2. The van der Waals surface area contributed by atoms with Gasteiger partial charge in [-0.25, -0.2) is 0 Å². The number of aromatic amines is 1. The number of fused-ring (bicyclic) bond motifs is 1. The Kier molecular flexibility index (Phi) is 4.38. The van der Waals surface area contributed by atoms with Crippen LogP contribution in [0.4, 0.5) is 0 Å². The van der Waals surface area contributed by atoms with Crippen molar-refractivity contribution in [1.82, 2.24) is 10.3 Å². The minimum atomic E-state index is -0.390. The van der Waals surface area contributed by atoms with Crippen molar-refractivity contribution in [1.29, 1.82) is 0 Å². The summed E-state index contributed by atoms with van der Waals surface area (Å²) in [6.07, 6.45) is 2.65. The minimum Gasteiger partial charge on any atom is -0.410 e. The molecule has 0 aliphatic heterocycles. The zero-order chi connectivity index (χ0) is 16.1. The highest BCUT2D eigenvalue weighted by Gasteiger charge is 2.14. The fourth-order valence-corrected chi connectivity index (χ4v) is 2.56. The summed E-state index contributed by atoms with van der Waals surface area (Å²) in [6, 6.07) is 16.9. The molecule has 0 bridgehead atoms. The number of nitrogens with one attached hydrogen (secondary N) is 2. The number of amides is 1. The Morgan fingerprint density at radius 1 is 1.09 bits per heavy atom. The standard InChI is InChI=1S/C18H17N3O2/c22-18(17(21-23)13-6-2-1-3-7-13)19-11-10-14-12-20-16-9-5-4-8-15(14)16/h1-9,12,20,23H,10-11H2,(H,19,22)/b21-17+. The van der Waals surface area contributed by atoms with Crippen LogP contribution in [0.1, 0.15) is 11.1 Å². The number of para-hydroxylation sites is 1. The van der Waals surface area contributed by atoms with E-state index in [1.807, 2.05) is 36.5 Å². The summed E-state index contributed by atoms with van der Waals surface area (Å²) in [4.78, 5) is 15.4. The molecule has 0 spiro atoms. The van der Waals surface area contributed by atoms with E-state index in [2.05, 4.69) is 15.5 Å². The Bertz CT molecular complexity index is 838. The smallest absolute Gasteiger partial charge is 0.273 e. The van der Waals surface area contributed by atoms with Crippen molar-refractivity contribution in [3.8, 4) is 0 Å². The highest BCUT2D eigenvalue weighted by atomic mass is 16.4.